The number of furan rings is 1. The maximum atomic E-state index is 6.30. The molecule has 10 rings (SSSR count). The Hall–Kier alpha value is -6.32. The number of para-hydroxylation sites is 1. The Morgan fingerprint density at radius 2 is 1.10 bits per heavy atom. The van der Waals surface area contributed by atoms with Gasteiger partial charge in [0.1, 0.15) is 11.2 Å². The lowest BCUT2D eigenvalue weighted by Crippen LogP contribution is -2.22. The van der Waals surface area contributed by atoms with Crippen molar-refractivity contribution in [3.05, 3.63) is 180 Å². The van der Waals surface area contributed by atoms with Gasteiger partial charge in [0.25, 0.3) is 0 Å². The molecule has 1 atom stereocenters. The van der Waals surface area contributed by atoms with Crippen LogP contribution in [0.5, 0.6) is 0 Å². The van der Waals surface area contributed by atoms with E-state index in [0.29, 0.717) is 5.82 Å². The number of rotatable bonds is 4. The van der Waals surface area contributed by atoms with Crippen LogP contribution in [0.3, 0.4) is 0 Å². The van der Waals surface area contributed by atoms with Crippen molar-refractivity contribution in [3.63, 3.8) is 0 Å². The minimum atomic E-state index is -0.299. The van der Waals surface area contributed by atoms with Gasteiger partial charge < -0.3 is 4.42 Å². The molecule has 3 nitrogen and oxygen atoms in total. The van der Waals surface area contributed by atoms with Gasteiger partial charge in [0.2, 0.25) is 0 Å². The molecule has 0 saturated heterocycles. The molecule has 7 aromatic carbocycles. The van der Waals surface area contributed by atoms with Gasteiger partial charge in [0.15, 0.2) is 5.82 Å². The molecule has 1 aliphatic carbocycles. The second-order valence-electron chi connectivity index (χ2n) is 13.1. The van der Waals surface area contributed by atoms with Gasteiger partial charge in [-0.25, -0.2) is 9.97 Å². The van der Waals surface area contributed by atoms with Crippen molar-refractivity contribution in [2.45, 2.75) is 12.3 Å². The lowest BCUT2D eigenvalue weighted by molar-refractivity contribution is 0.669. The Morgan fingerprint density at radius 3 is 1.98 bits per heavy atom. The highest BCUT2D eigenvalue weighted by molar-refractivity contribution is 6.05. The molecule has 0 spiro atoms. The van der Waals surface area contributed by atoms with Crippen LogP contribution in [0.25, 0.3) is 77.7 Å². The zero-order valence-electron chi connectivity index (χ0n) is 26.9. The summed E-state index contributed by atoms with van der Waals surface area (Å²) in [5.41, 5.74) is 12.6. The zero-order valence-corrected chi connectivity index (χ0v) is 26.9. The van der Waals surface area contributed by atoms with Crippen molar-refractivity contribution in [1.29, 1.82) is 0 Å². The van der Waals surface area contributed by atoms with Gasteiger partial charge >= 0.3 is 0 Å². The summed E-state index contributed by atoms with van der Waals surface area (Å²) in [6, 6.07) is 58.1. The van der Waals surface area contributed by atoms with Crippen molar-refractivity contribution in [2.24, 2.45) is 0 Å². The second-order valence-corrected chi connectivity index (χ2v) is 13.1. The van der Waals surface area contributed by atoms with Crippen LogP contribution < -0.4 is 0 Å². The average Bonchev–Trinajstić information content (AvgIpc) is 3.67. The van der Waals surface area contributed by atoms with Crippen LogP contribution in [0, 0.1) is 0 Å². The molecular weight excluding hydrogens is 597 g/mol. The molecule has 3 heteroatoms. The van der Waals surface area contributed by atoms with E-state index < -0.39 is 0 Å². The molecule has 1 unspecified atom stereocenters. The van der Waals surface area contributed by atoms with Crippen molar-refractivity contribution in [2.75, 3.05) is 0 Å². The first-order valence-corrected chi connectivity index (χ1v) is 16.7. The van der Waals surface area contributed by atoms with E-state index in [1.54, 1.807) is 0 Å². The van der Waals surface area contributed by atoms with Crippen molar-refractivity contribution >= 4 is 32.7 Å². The number of nitrogens with zero attached hydrogens (tertiary/aromatic N) is 2. The lowest BCUT2D eigenvalue weighted by Gasteiger charge is -2.28. The zero-order chi connectivity index (χ0) is 32.5. The summed E-state index contributed by atoms with van der Waals surface area (Å²) in [6.45, 7) is 2.35. The van der Waals surface area contributed by atoms with E-state index >= 15 is 0 Å². The molecule has 2 aromatic heterocycles. The molecular formula is C46H30N2O. The predicted octanol–water partition coefficient (Wildman–Crippen LogP) is 11.9. The third-order valence-electron chi connectivity index (χ3n) is 10.4. The first kappa shape index (κ1) is 27.8. The highest BCUT2D eigenvalue weighted by Gasteiger charge is 2.40. The van der Waals surface area contributed by atoms with Crippen molar-refractivity contribution in [3.8, 4) is 45.0 Å². The normalized spacial score (nSPS) is 15.1. The van der Waals surface area contributed by atoms with Gasteiger partial charge in [-0.05, 0) is 81.9 Å². The molecule has 0 bridgehead atoms. The van der Waals surface area contributed by atoms with Gasteiger partial charge in [0.05, 0.1) is 11.4 Å². The summed E-state index contributed by atoms with van der Waals surface area (Å²) < 4.78 is 6.30. The maximum absolute atomic E-state index is 6.30. The van der Waals surface area contributed by atoms with Gasteiger partial charge in [-0.1, -0.05) is 127 Å². The largest absolute Gasteiger partial charge is 0.456 e. The predicted molar refractivity (Wildman–Crippen MR) is 201 cm³/mol. The van der Waals surface area contributed by atoms with Crippen molar-refractivity contribution in [1.82, 2.24) is 9.97 Å². The fourth-order valence-electron chi connectivity index (χ4n) is 7.82. The smallest absolute Gasteiger partial charge is 0.160 e. The van der Waals surface area contributed by atoms with Gasteiger partial charge in [0, 0.05) is 32.9 Å². The molecule has 9 aromatic rings. The minimum absolute atomic E-state index is 0.299. The maximum Gasteiger partial charge on any atom is 0.160 e. The van der Waals surface area contributed by atoms with Crippen LogP contribution in [0.4, 0.5) is 0 Å². The second kappa shape index (κ2) is 10.6. The third kappa shape index (κ3) is 4.29. The van der Waals surface area contributed by atoms with E-state index in [9.17, 15) is 0 Å². The van der Waals surface area contributed by atoms with Crippen LogP contribution in [-0.2, 0) is 5.41 Å². The summed E-state index contributed by atoms with van der Waals surface area (Å²) in [4.78, 5) is 10.5. The fourth-order valence-corrected chi connectivity index (χ4v) is 7.82. The Labute approximate surface area is 284 Å². The highest BCUT2D eigenvalue weighted by atomic mass is 16.3. The third-order valence-corrected chi connectivity index (χ3v) is 10.4. The molecule has 49 heavy (non-hydrogen) atoms. The topological polar surface area (TPSA) is 38.9 Å². The molecule has 0 N–H and O–H groups in total. The van der Waals surface area contributed by atoms with Crippen LogP contribution in [-0.4, -0.2) is 9.97 Å². The summed E-state index contributed by atoms with van der Waals surface area (Å²) in [7, 11) is 0. The molecule has 0 saturated carbocycles. The van der Waals surface area contributed by atoms with Crippen LogP contribution in [0.15, 0.2) is 168 Å². The Balaban J connectivity index is 1.18. The number of aromatic nitrogens is 2. The molecule has 2 heterocycles. The molecule has 230 valence electrons. The van der Waals surface area contributed by atoms with E-state index in [1.807, 2.05) is 12.1 Å². The number of fused-ring (bicyclic) bond motifs is 7. The number of benzene rings is 7. The summed E-state index contributed by atoms with van der Waals surface area (Å²) in [5.74, 6) is 0.692. The molecule has 0 aliphatic heterocycles. The van der Waals surface area contributed by atoms with Crippen LogP contribution >= 0.6 is 0 Å². The van der Waals surface area contributed by atoms with E-state index in [-0.39, 0.29) is 5.41 Å². The highest BCUT2D eigenvalue weighted by Crippen LogP contribution is 2.53. The van der Waals surface area contributed by atoms with Crippen LogP contribution in [0.1, 0.15) is 23.6 Å². The summed E-state index contributed by atoms with van der Waals surface area (Å²) in [6.07, 6.45) is 0. The number of hydrogen-bond donors (Lipinski definition) is 0. The first-order valence-electron chi connectivity index (χ1n) is 16.7. The SMILES string of the molecule is CC1(c2ccccc2)c2ccccc2-c2ccc(-c3cc(-c4ccc5c(c4)oc4ccccc45)nc(-c4ccc5ccccc5c4)n3)cc21. The standard InChI is InChI=1S/C46H30N2O/c1-46(34-13-3-2-4-14-34)39-17-9-7-15-35(39)36-23-21-31(26-40(36)46)41-28-42(32-22-24-38-37-16-8-10-18-43(37)49-44(38)27-32)48-45(47-41)33-20-19-29-11-5-6-12-30(29)25-33/h2-28H,1H3. The van der Waals surface area contributed by atoms with Crippen molar-refractivity contribution < 1.29 is 4.42 Å². The molecule has 0 amide bonds. The Morgan fingerprint density at radius 1 is 0.449 bits per heavy atom. The van der Waals surface area contributed by atoms with E-state index in [4.69, 9.17) is 14.4 Å². The van der Waals surface area contributed by atoms with Crippen LogP contribution in [0.2, 0.25) is 0 Å². The van der Waals surface area contributed by atoms with Gasteiger partial charge in [-0.3, -0.25) is 0 Å². The minimum Gasteiger partial charge on any atom is -0.456 e. The molecule has 1 aliphatic rings. The van der Waals surface area contributed by atoms with Gasteiger partial charge in [-0.2, -0.15) is 0 Å². The van der Waals surface area contributed by atoms with Gasteiger partial charge in [-0.15, -0.1) is 0 Å². The monoisotopic (exact) mass is 626 g/mol. The molecule has 0 radical (unpaired) electrons. The Bertz CT molecular complexity index is 2740. The summed E-state index contributed by atoms with van der Waals surface area (Å²) in [5, 5.41) is 4.57. The van der Waals surface area contributed by atoms with E-state index in [2.05, 4.69) is 159 Å². The van der Waals surface area contributed by atoms with E-state index in [1.165, 1.54) is 33.2 Å². The van der Waals surface area contributed by atoms with E-state index in [0.717, 1.165) is 55.4 Å². The summed E-state index contributed by atoms with van der Waals surface area (Å²) >= 11 is 0. The quantitative estimate of drug-likeness (QED) is 0.195. The lowest BCUT2D eigenvalue weighted by atomic mass is 9.74. The first-order chi connectivity index (χ1) is 24.1. The number of hydrogen-bond acceptors (Lipinski definition) is 3. The average molecular weight is 627 g/mol. The molecule has 0 fully saturated rings. The Kier molecular flexibility index (Phi) is 6.00. The fraction of sp³-hybridized carbons (Fsp3) is 0.0435.